The first kappa shape index (κ1) is 21.3. The third-order valence-corrected chi connectivity index (χ3v) is 6.05. The number of nitrogens with zero attached hydrogens (tertiary/aromatic N) is 3. The molecular weight excluding hydrogens is 417 g/mol. The Morgan fingerprint density at radius 1 is 0.879 bits per heavy atom. The number of pyridine rings is 2. The number of fused-ring (bicyclic) bond motifs is 1. The summed E-state index contributed by atoms with van der Waals surface area (Å²) in [6, 6.07) is 17.5. The van der Waals surface area contributed by atoms with E-state index in [4.69, 9.17) is 14.5 Å². The molecule has 33 heavy (non-hydrogen) atoms. The summed E-state index contributed by atoms with van der Waals surface area (Å²) in [5.74, 6) is 0.259. The van der Waals surface area contributed by atoms with E-state index in [1.807, 2.05) is 24.4 Å². The van der Waals surface area contributed by atoms with Crippen LogP contribution in [0.15, 0.2) is 67.0 Å². The van der Waals surface area contributed by atoms with Crippen LogP contribution in [0.2, 0.25) is 0 Å². The second-order valence-corrected chi connectivity index (χ2v) is 8.49. The van der Waals surface area contributed by atoms with Crippen molar-refractivity contribution >= 4 is 16.6 Å². The fraction of sp³-hybridized carbons (Fsp3) is 0.259. The van der Waals surface area contributed by atoms with Crippen LogP contribution in [0.25, 0.3) is 33.2 Å². The molecule has 0 saturated carbocycles. The summed E-state index contributed by atoms with van der Waals surface area (Å²) in [6.45, 7) is 5.98. The van der Waals surface area contributed by atoms with Gasteiger partial charge in [-0.2, -0.15) is 4.39 Å². The maximum absolute atomic E-state index is 13.3. The summed E-state index contributed by atoms with van der Waals surface area (Å²) in [7, 11) is 1.68. The van der Waals surface area contributed by atoms with Crippen molar-refractivity contribution in [2.45, 2.75) is 26.1 Å². The van der Waals surface area contributed by atoms with Gasteiger partial charge in [-0.25, -0.2) is 4.98 Å². The minimum atomic E-state index is -0.503. The van der Waals surface area contributed by atoms with E-state index in [-0.39, 0.29) is 12.2 Å². The van der Waals surface area contributed by atoms with Crippen LogP contribution in [0.3, 0.4) is 0 Å². The van der Waals surface area contributed by atoms with Crippen LogP contribution in [0.1, 0.15) is 13.8 Å². The zero-order chi connectivity index (χ0) is 22.9. The lowest BCUT2D eigenvalue weighted by Crippen LogP contribution is -2.45. The third-order valence-electron chi connectivity index (χ3n) is 6.05. The molecule has 0 radical (unpaired) electrons. The van der Waals surface area contributed by atoms with E-state index in [0.717, 1.165) is 52.0 Å². The summed E-state index contributed by atoms with van der Waals surface area (Å²) in [5.41, 5.74) is 5.63. The molecule has 2 atom stereocenters. The van der Waals surface area contributed by atoms with E-state index in [0.29, 0.717) is 0 Å². The minimum absolute atomic E-state index is 0.212. The highest BCUT2D eigenvalue weighted by Gasteiger charge is 2.22. The number of hydrogen-bond acceptors (Lipinski definition) is 5. The molecule has 1 aliphatic heterocycles. The van der Waals surface area contributed by atoms with Crippen molar-refractivity contribution in [3.8, 4) is 28.0 Å². The number of methoxy groups -OCH3 is 1. The first-order chi connectivity index (χ1) is 16.0. The lowest BCUT2D eigenvalue weighted by Gasteiger charge is -2.36. The summed E-state index contributed by atoms with van der Waals surface area (Å²) >= 11 is 0. The Morgan fingerprint density at radius 3 is 2.27 bits per heavy atom. The number of aromatic nitrogens is 2. The number of anilines is 1. The molecular formula is C27H26FN3O2. The van der Waals surface area contributed by atoms with Crippen LogP contribution >= 0.6 is 0 Å². The van der Waals surface area contributed by atoms with E-state index in [2.05, 4.69) is 48.0 Å². The monoisotopic (exact) mass is 443 g/mol. The smallest absolute Gasteiger partial charge is 0.212 e. The Labute approximate surface area is 192 Å². The third kappa shape index (κ3) is 4.14. The number of hydrogen-bond donors (Lipinski definition) is 0. The Morgan fingerprint density at radius 2 is 1.61 bits per heavy atom. The number of morpholine rings is 1. The normalized spacial score (nSPS) is 18.5. The number of para-hydroxylation sites is 1. The van der Waals surface area contributed by atoms with Crippen LogP contribution < -0.4 is 9.64 Å². The fourth-order valence-electron chi connectivity index (χ4n) is 4.63. The molecule has 5 rings (SSSR count). The summed E-state index contributed by atoms with van der Waals surface area (Å²) in [6.07, 6.45) is 3.79. The molecule has 1 saturated heterocycles. The van der Waals surface area contributed by atoms with Crippen LogP contribution in [0, 0.1) is 5.95 Å². The van der Waals surface area contributed by atoms with Crippen molar-refractivity contribution in [1.82, 2.24) is 9.97 Å². The molecule has 2 aromatic heterocycles. The first-order valence-corrected chi connectivity index (χ1v) is 11.1. The zero-order valence-electron chi connectivity index (χ0n) is 19.0. The van der Waals surface area contributed by atoms with Gasteiger partial charge in [-0.1, -0.05) is 24.3 Å². The van der Waals surface area contributed by atoms with Gasteiger partial charge >= 0.3 is 0 Å². The molecule has 4 aromatic rings. The zero-order valence-corrected chi connectivity index (χ0v) is 19.0. The van der Waals surface area contributed by atoms with E-state index in [9.17, 15) is 4.39 Å². The van der Waals surface area contributed by atoms with E-state index < -0.39 is 5.95 Å². The maximum atomic E-state index is 13.3. The SMILES string of the molecule is COc1c(-c2ccc(N3C[C@@H](C)O[C@@H](C)C3)cc2)cnc2c(-c3ccc(F)nc3)cccc12. The van der Waals surface area contributed by atoms with Gasteiger partial charge in [0.2, 0.25) is 5.95 Å². The number of halogens is 1. The predicted molar refractivity (Wildman–Crippen MR) is 129 cm³/mol. The predicted octanol–water partition coefficient (Wildman–Crippen LogP) is 5.73. The van der Waals surface area contributed by atoms with Gasteiger partial charge in [0.25, 0.3) is 0 Å². The van der Waals surface area contributed by atoms with E-state index in [1.165, 1.54) is 18.0 Å². The number of ether oxygens (including phenoxy) is 2. The van der Waals surface area contributed by atoms with Gasteiger partial charge in [-0.05, 0) is 49.7 Å². The van der Waals surface area contributed by atoms with Gasteiger partial charge in [0.05, 0.1) is 24.8 Å². The standard InChI is InChI=1S/C27H26FN3O2/c1-17-15-31(16-18(2)33-17)21-10-7-19(8-11-21)24-14-30-26-22(20-9-12-25(28)29-13-20)5-4-6-23(26)27(24)32-3/h4-14,17-18H,15-16H2,1-3H3/t17-,18+. The number of rotatable bonds is 4. The molecule has 2 aromatic carbocycles. The molecule has 1 fully saturated rings. The molecule has 0 N–H and O–H groups in total. The molecule has 0 spiro atoms. The molecule has 0 aliphatic carbocycles. The van der Waals surface area contributed by atoms with Gasteiger partial charge in [0.15, 0.2) is 0 Å². The van der Waals surface area contributed by atoms with Crippen LogP contribution in [0.4, 0.5) is 10.1 Å². The largest absolute Gasteiger partial charge is 0.495 e. The molecule has 5 nitrogen and oxygen atoms in total. The van der Waals surface area contributed by atoms with Crippen molar-refractivity contribution in [2.75, 3.05) is 25.1 Å². The van der Waals surface area contributed by atoms with Crippen LogP contribution in [0.5, 0.6) is 5.75 Å². The summed E-state index contributed by atoms with van der Waals surface area (Å²) in [5, 5.41) is 0.900. The summed E-state index contributed by atoms with van der Waals surface area (Å²) in [4.78, 5) is 10.9. The molecule has 0 unspecified atom stereocenters. The van der Waals surface area contributed by atoms with Crippen molar-refractivity contribution in [3.05, 3.63) is 72.9 Å². The van der Waals surface area contributed by atoms with Crippen LogP contribution in [-0.4, -0.2) is 42.4 Å². The fourth-order valence-corrected chi connectivity index (χ4v) is 4.63. The van der Waals surface area contributed by atoms with Gasteiger partial charge < -0.3 is 14.4 Å². The Balaban J connectivity index is 1.53. The van der Waals surface area contributed by atoms with Crippen molar-refractivity contribution in [2.24, 2.45) is 0 Å². The molecule has 0 bridgehead atoms. The van der Waals surface area contributed by atoms with Gasteiger partial charge in [0.1, 0.15) is 5.75 Å². The molecule has 0 amide bonds. The second-order valence-electron chi connectivity index (χ2n) is 8.49. The minimum Gasteiger partial charge on any atom is -0.495 e. The van der Waals surface area contributed by atoms with Crippen LogP contribution in [-0.2, 0) is 4.74 Å². The first-order valence-electron chi connectivity index (χ1n) is 11.1. The highest BCUT2D eigenvalue weighted by molar-refractivity contribution is 6.00. The maximum Gasteiger partial charge on any atom is 0.212 e. The molecule has 3 heterocycles. The van der Waals surface area contributed by atoms with Crippen molar-refractivity contribution in [3.63, 3.8) is 0 Å². The number of benzene rings is 2. The van der Waals surface area contributed by atoms with Gasteiger partial charge in [-0.15, -0.1) is 0 Å². The lowest BCUT2D eigenvalue weighted by atomic mass is 9.99. The Hall–Kier alpha value is -3.51. The quantitative estimate of drug-likeness (QED) is 0.377. The van der Waals surface area contributed by atoms with Crippen molar-refractivity contribution < 1.29 is 13.9 Å². The second kappa shape index (κ2) is 8.79. The highest BCUT2D eigenvalue weighted by atomic mass is 19.1. The molecule has 6 heteroatoms. The van der Waals surface area contributed by atoms with E-state index in [1.54, 1.807) is 13.2 Å². The average molecular weight is 444 g/mol. The molecule has 168 valence electrons. The summed E-state index contributed by atoms with van der Waals surface area (Å²) < 4.78 is 25.0. The van der Waals surface area contributed by atoms with Gasteiger partial charge in [-0.3, -0.25) is 4.98 Å². The van der Waals surface area contributed by atoms with Crippen molar-refractivity contribution in [1.29, 1.82) is 0 Å². The molecule has 1 aliphatic rings. The lowest BCUT2D eigenvalue weighted by molar-refractivity contribution is -0.00521. The van der Waals surface area contributed by atoms with Gasteiger partial charge in [0, 0.05) is 53.2 Å². The Kier molecular flexibility index (Phi) is 5.68. The topological polar surface area (TPSA) is 47.5 Å². The Bertz CT molecular complexity index is 1270. The average Bonchev–Trinajstić information content (AvgIpc) is 2.83. The van der Waals surface area contributed by atoms with E-state index >= 15 is 0 Å². The highest BCUT2D eigenvalue weighted by Crippen LogP contribution is 2.39.